The van der Waals surface area contributed by atoms with Crippen LogP contribution in [0.4, 0.5) is 0 Å². The molecule has 1 aliphatic rings. The third-order valence-corrected chi connectivity index (χ3v) is 6.75. The van der Waals surface area contributed by atoms with E-state index in [1.807, 2.05) is 0 Å². The molecule has 0 aliphatic carbocycles. The molecule has 2 heterocycles. The van der Waals surface area contributed by atoms with Crippen molar-refractivity contribution in [1.82, 2.24) is 4.57 Å². The summed E-state index contributed by atoms with van der Waals surface area (Å²) in [6.07, 6.45) is 1.67. The number of nitrogens with zero attached hydrogens (tertiary/aromatic N) is 2. The van der Waals surface area contributed by atoms with Gasteiger partial charge in [-0.3, -0.25) is 9.36 Å². The van der Waals surface area contributed by atoms with Crippen LogP contribution >= 0.6 is 11.3 Å². The first kappa shape index (κ1) is 26.7. The molecule has 3 aromatic rings. The van der Waals surface area contributed by atoms with Crippen LogP contribution < -0.4 is 29.1 Å². The van der Waals surface area contributed by atoms with Crippen LogP contribution in [-0.2, 0) is 14.3 Å². The van der Waals surface area contributed by atoms with Crippen LogP contribution in [0.2, 0.25) is 0 Å². The highest BCUT2D eigenvalue weighted by Gasteiger charge is 2.35. The van der Waals surface area contributed by atoms with Crippen molar-refractivity contribution in [3.63, 3.8) is 0 Å². The Bertz CT molecular complexity index is 1600. The minimum Gasteiger partial charge on any atom is -0.497 e. The fraction of sp³-hybridized carbons (Fsp3) is 0.259. The van der Waals surface area contributed by atoms with E-state index in [-0.39, 0.29) is 17.7 Å². The van der Waals surface area contributed by atoms with E-state index in [2.05, 4.69) is 4.99 Å². The van der Waals surface area contributed by atoms with E-state index in [1.54, 1.807) is 62.4 Å². The third-order valence-electron chi connectivity index (χ3n) is 5.77. The molecule has 2 aromatic carbocycles. The van der Waals surface area contributed by atoms with E-state index in [1.165, 1.54) is 30.1 Å². The quantitative estimate of drug-likeness (QED) is 0.412. The second kappa shape index (κ2) is 11.3. The second-order valence-electron chi connectivity index (χ2n) is 8.17. The average molecular weight is 539 g/mol. The van der Waals surface area contributed by atoms with E-state index < -0.39 is 24.6 Å². The van der Waals surface area contributed by atoms with Gasteiger partial charge in [-0.25, -0.2) is 14.6 Å². The average Bonchev–Trinajstić information content (AvgIpc) is 3.20. The molecule has 10 nitrogen and oxygen atoms in total. The Kier molecular flexibility index (Phi) is 7.96. The summed E-state index contributed by atoms with van der Waals surface area (Å²) in [6.45, 7) is 3.09. The number of rotatable bonds is 9. The number of allylic oxidation sites excluding steroid dienone is 1. The zero-order chi connectivity index (χ0) is 27.4. The van der Waals surface area contributed by atoms with Crippen LogP contribution in [0.3, 0.4) is 0 Å². The molecule has 1 N–H and O–H groups in total. The summed E-state index contributed by atoms with van der Waals surface area (Å²) in [5.74, 6) is -0.319. The van der Waals surface area contributed by atoms with Gasteiger partial charge in [-0.2, -0.15) is 0 Å². The monoisotopic (exact) mass is 538 g/mol. The molecule has 0 fully saturated rings. The summed E-state index contributed by atoms with van der Waals surface area (Å²) in [5.41, 5.74) is 1.52. The lowest BCUT2D eigenvalue weighted by Gasteiger charge is -2.26. The molecule has 0 unspecified atom stereocenters. The lowest BCUT2D eigenvalue weighted by atomic mass is 9.95. The molecular formula is C27H26N2O8S. The summed E-state index contributed by atoms with van der Waals surface area (Å²) in [4.78, 5) is 42.7. The van der Waals surface area contributed by atoms with E-state index in [0.29, 0.717) is 43.4 Å². The van der Waals surface area contributed by atoms with Gasteiger partial charge in [0.05, 0.1) is 36.6 Å². The number of esters is 1. The van der Waals surface area contributed by atoms with E-state index in [0.717, 1.165) is 0 Å². The molecule has 38 heavy (non-hydrogen) atoms. The summed E-state index contributed by atoms with van der Waals surface area (Å²) in [6, 6.07) is 11.1. The van der Waals surface area contributed by atoms with Gasteiger partial charge in [0.25, 0.3) is 5.56 Å². The topological polar surface area (TPSA) is 126 Å². The van der Waals surface area contributed by atoms with Crippen molar-refractivity contribution in [1.29, 1.82) is 0 Å². The molecule has 0 saturated heterocycles. The van der Waals surface area contributed by atoms with Gasteiger partial charge in [0, 0.05) is 11.6 Å². The number of carboxylic acids is 1. The van der Waals surface area contributed by atoms with Crippen LogP contribution in [0, 0.1) is 0 Å². The number of fused-ring (bicyclic) bond motifs is 1. The van der Waals surface area contributed by atoms with E-state index in [9.17, 15) is 14.4 Å². The normalized spacial score (nSPS) is 14.9. The van der Waals surface area contributed by atoms with Gasteiger partial charge in [-0.1, -0.05) is 23.5 Å². The molecule has 198 valence electrons. The molecular weight excluding hydrogens is 512 g/mol. The minimum absolute atomic E-state index is 0.160. The maximum Gasteiger partial charge on any atom is 0.341 e. The first-order valence-electron chi connectivity index (χ1n) is 11.6. The number of aromatic nitrogens is 1. The number of carbonyl (C=O) groups excluding carboxylic acids is 1. The Morgan fingerprint density at radius 2 is 1.92 bits per heavy atom. The highest BCUT2D eigenvalue weighted by molar-refractivity contribution is 7.07. The van der Waals surface area contributed by atoms with Crippen LogP contribution in [-0.4, -0.2) is 49.0 Å². The molecule has 0 spiro atoms. The van der Waals surface area contributed by atoms with Gasteiger partial charge in [0.15, 0.2) is 11.4 Å². The number of benzene rings is 2. The Balaban J connectivity index is 1.90. The van der Waals surface area contributed by atoms with Crippen molar-refractivity contribution in [2.45, 2.75) is 19.9 Å². The molecule has 1 atom stereocenters. The van der Waals surface area contributed by atoms with Crippen molar-refractivity contribution < 1.29 is 33.6 Å². The molecule has 1 aromatic heterocycles. The van der Waals surface area contributed by atoms with E-state index >= 15 is 0 Å². The third kappa shape index (κ3) is 5.32. The SMILES string of the molecule is CCOC(=O)C1=C(C)N=c2s/c(=C\c3cccc(OCC(=O)O)c3)c(=O)n2[C@@H]1c1ccc(OC)cc1OC. The van der Waals surface area contributed by atoms with Gasteiger partial charge in [0.2, 0.25) is 0 Å². The van der Waals surface area contributed by atoms with Crippen molar-refractivity contribution in [2.24, 2.45) is 4.99 Å². The molecule has 0 bridgehead atoms. The van der Waals surface area contributed by atoms with Crippen molar-refractivity contribution in [2.75, 3.05) is 27.4 Å². The highest BCUT2D eigenvalue weighted by atomic mass is 32.1. The first-order valence-corrected chi connectivity index (χ1v) is 12.4. The lowest BCUT2D eigenvalue weighted by molar-refractivity contribution is -0.140. The second-order valence-corrected chi connectivity index (χ2v) is 9.17. The number of ether oxygens (including phenoxy) is 4. The number of carboxylic acid groups (broad SMARTS) is 1. The molecule has 11 heteroatoms. The summed E-state index contributed by atoms with van der Waals surface area (Å²) in [5, 5.41) is 8.87. The standard InChI is InChI=1S/C27H26N2O8S/c1-5-36-26(33)23-15(2)28-27-29(24(23)19-10-9-17(34-3)13-20(19)35-4)25(32)21(38-27)12-16-7-6-8-18(11-16)37-14-22(30)31/h6-13,24H,5,14H2,1-4H3,(H,30,31)/b21-12-/t24-/m1/s1. The molecule has 1 aliphatic heterocycles. The number of hydrogen-bond donors (Lipinski definition) is 1. The van der Waals surface area contributed by atoms with E-state index in [4.69, 9.17) is 24.1 Å². The van der Waals surface area contributed by atoms with Gasteiger partial charge in [-0.15, -0.1) is 0 Å². The Labute approximate surface area is 221 Å². The Morgan fingerprint density at radius 3 is 2.61 bits per heavy atom. The molecule has 0 amide bonds. The molecule has 0 radical (unpaired) electrons. The van der Waals surface area contributed by atoms with Crippen LogP contribution in [0.1, 0.15) is 31.0 Å². The van der Waals surface area contributed by atoms with Gasteiger partial charge >= 0.3 is 11.9 Å². The lowest BCUT2D eigenvalue weighted by Crippen LogP contribution is -2.40. The smallest absolute Gasteiger partial charge is 0.341 e. The van der Waals surface area contributed by atoms with Gasteiger partial charge < -0.3 is 24.1 Å². The predicted octanol–water partition coefficient (Wildman–Crippen LogP) is 2.28. The number of aliphatic carboxylic acids is 1. The summed E-state index contributed by atoms with van der Waals surface area (Å²) in [7, 11) is 3.04. The number of hydrogen-bond acceptors (Lipinski definition) is 9. The number of carbonyl (C=O) groups is 2. The largest absolute Gasteiger partial charge is 0.497 e. The number of thiazole rings is 1. The molecule has 4 rings (SSSR count). The Hall–Kier alpha value is -4.38. The molecule has 0 saturated carbocycles. The zero-order valence-electron chi connectivity index (χ0n) is 21.2. The maximum absolute atomic E-state index is 13.8. The Morgan fingerprint density at radius 1 is 1.13 bits per heavy atom. The van der Waals surface area contributed by atoms with Crippen molar-refractivity contribution in [3.8, 4) is 17.2 Å². The van der Waals surface area contributed by atoms with Crippen molar-refractivity contribution >= 4 is 29.4 Å². The summed E-state index contributed by atoms with van der Waals surface area (Å²) < 4.78 is 23.4. The summed E-state index contributed by atoms with van der Waals surface area (Å²) >= 11 is 1.17. The van der Waals surface area contributed by atoms with Crippen molar-refractivity contribution in [3.05, 3.63) is 84.5 Å². The minimum atomic E-state index is -1.09. The van der Waals surface area contributed by atoms with Gasteiger partial charge in [0.1, 0.15) is 23.3 Å². The predicted molar refractivity (Wildman–Crippen MR) is 140 cm³/mol. The fourth-order valence-electron chi connectivity index (χ4n) is 4.12. The van der Waals surface area contributed by atoms with Crippen LogP contribution in [0.15, 0.2) is 63.5 Å². The van der Waals surface area contributed by atoms with Crippen LogP contribution in [0.25, 0.3) is 6.08 Å². The number of methoxy groups -OCH3 is 2. The van der Waals surface area contributed by atoms with Gasteiger partial charge in [-0.05, 0) is 49.8 Å². The first-order chi connectivity index (χ1) is 18.3. The maximum atomic E-state index is 13.8. The fourth-order valence-corrected chi connectivity index (χ4v) is 5.17. The van der Waals surface area contributed by atoms with Crippen LogP contribution in [0.5, 0.6) is 17.2 Å². The highest BCUT2D eigenvalue weighted by Crippen LogP contribution is 2.37. The zero-order valence-corrected chi connectivity index (χ0v) is 22.0.